The Labute approximate surface area is 109 Å². The summed E-state index contributed by atoms with van der Waals surface area (Å²) in [5.74, 6) is 0.531. The van der Waals surface area contributed by atoms with E-state index in [2.05, 4.69) is 36.1 Å². The molecule has 0 fully saturated rings. The fourth-order valence-electron chi connectivity index (χ4n) is 2.13. The van der Waals surface area contributed by atoms with Gasteiger partial charge in [-0.25, -0.2) is 4.98 Å². The Balaban J connectivity index is 3.16. The fraction of sp³-hybridized carbons (Fsp3) is 0.692. The number of hydrogen-bond acceptors (Lipinski definition) is 5. The molecule has 1 N–H and O–H groups in total. The molecule has 18 heavy (non-hydrogen) atoms. The van der Waals surface area contributed by atoms with E-state index in [9.17, 15) is 0 Å². The zero-order chi connectivity index (χ0) is 13.8. The van der Waals surface area contributed by atoms with Crippen molar-refractivity contribution in [3.8, 4) is 5.88 Å². The van der Waals surface area contributed by atoms with Crippen molar-refractivity contribution < 1.29 is 9.47 Å². The summed E-state index contributed by atoms with van der Waals surface area (Å²) in [7, 11) is 5.19. The molecule has 0 aromatic carbocycles. The standard InChI is InChI=1S/C13H23N3O2/c1-13(2,3)11(17-5)9(14-4)10-12(18-6)16-8-7-15-10/h7-9,11,14H,1-6H3. The van der Waals surface area contributed by atoms with Crippen LogP contribution < -0.4 is 10.1 Å². The van der Waals surface area contributed by atoms with Crippen LogP contribution in [0.1, 0.15) is 32.5 Å². The van der Waals surface area contributed by atoms with E-state index in [4.69, 9.17) is 9.47 Å². The van der Waals surface area contributed by atoms with Crippen LogP contribution in [0.3, 0.4) is 0 Å². The summed E-state index contributed by atoms with van der Waals surface area (Å²) in [6.07, 6.45) is 3.25. The van der Waals surface area contributed by atoms with Crippen LogP contribution in [-0.2, 0) is 4.74 Å². The van der Waals surface area contributed by atoms with Crippen molar-refractivity contribution in [2.24, 2.45) is 5.41 Å². The van der Waals surface area contributed by atoms with E-state index < -0.39 is 0 Å². The molecule has 2 unspecified atom stereocenters. The van der Waals surface area contributed by atoms with Crippen LogP contribution in [0, 0.1) is 5.41 Å². The molecule has 0 radical (unpaired) electrons. The second-order valence-corrected chi connectivity index (χ2v) is 5.24. The number of nitrogens with zero attached hydrogens (tertiary/aromatic N) is 2. The van der Waals surface area contributed by atoms with Crippen LogP contribution in [0.5, 0.6) is 5.88 Å². The molecule has 1 aromatic heterocycles. The predicted octanol–water partition coefficient (Wildman–Crippen LogP) is 1.81. The Hall–Kier alpha value is -1.20. The Morgan fingerprint density at radius 3 is 2.22 bits per heavy atom. The van der Waals surface area contributed by atoms with E-state index in [0.29, 0.717) is 5.88 Å². The summed E-state index contributed by atoms with van der Waals surface area (Å²) in [5.41, 5.74) is 0.745. The summed E-state index contributed by atoms with van der Waals surface area (Å²) in [6, 6.07) is -0.0707. The topological polar surface area (TPSA) is 56.3 Å². The first kappa shape index (κ1) is 14.9. The Bertz CT molecular complexity index is 377. The molecule has 0 saturated carbocycles. The zero-order valence-corrected chi connectivity index (χ0v) is 12.0. The molecule has 1 rings (SSSR count). The fourth-order valence-corrected chi connectivity index (χ4v) is 2.13. The minimum absolute atomic E-state index is 0.0229. The molecule has 1 heterocycles. The van der Waals surface area contributed by atoms with Crippen molar-refractivity contribution in [2.75, 3.05) is 21.3 Å². The molecule has 0 aliphatic carbocycles. The average molecular weight is 253 g/mol. The van der Waals surface area contributed by atoms with Crippen molar-refractivity contribution in [1.82, 2.24) is 15.3 Å². The van der Waals surface area contributed by atoms with Gasteiger partial charge in [0.25, 0.3) is 0 Å². The number of nitrogens with one attached hydrogen (secondary N) is 1. The first-order valence-electron chi connectivity index (χ1n) is 6.00. The average Bonchev–Trinajstić information content (AvgIpc) is 2.34. The highest BCUT2D eigenvalue weighted by atomic mass is 16.5. The van der Waals surface area contributed by atoms with Crippen LogP contribution in [0.25, 0.3) is 0 Å². The molecular weight excluding hydrogens is 230 g/mol. The van der Waals surface area contributed by atoms with Gasteiger partial charge >= 0.3 is 0 Å². The first-order valence-corrected chi connectivity index (χ1v) is 6.00. The first-order chi connectivity index (χ1) is 8.45. The second kappa shape index (κ2) is 6.11. The van der Waals surface area contributed by atoms with Crippen LogP contribution in [0.2, 0.25) is 0 Å². The van der Waals surface area contributed by atoms with E-state index in [1.54, 1.807) is 26.6 Å². The lowest BCUT2D eigenvalue weighted by Crippen LogP contribution is -2.40. The van der Waals surface area contributed by atoms with Gasteiger partial charge in [0.1, 0.15) is 5.69 Å². The smallest absolute Gasteiger partial charge is 0.237 e. The van der Waals surface area contributed by atoms with E-state index in [-0.39, 0.29) is 17.6 Å². The Kier molecular flexibility index (Phi) is 5.04. The van der Waals surface area contributed by atoms with Gasteiger partial charge in [0.2, 0.25) is 5.88 Å². The summed E-state index contributed by atoms with van der Waals surface area (Å²) in [4.78, 5) is 8.56. The third kappa shape index (κ3) is 3.17. The maximum Gasteiger partial charge on any atom is 0.237 e. The normalized spacial score (nSPS) is 15.2. The lowest BCUT2D eigenvalue weighted by atomic mass is 9.83. The van der Waals surface area contributed by atoms with E-state index in [1.165, 1.54) is 0 Å². The number of rotatable bonds is 5. The van der Waals surface area contributed by atoms with Gasteiger partial charge < -0.3 is 14.8 Å². The summed E-state index contributed by atoms with van der Waals surface area (Å²) in [6.45, 7) is 6.40. The van der Waals surface area contributed by atoms with Gasteiger partial charge in [0, 0.05) is 19.5 Å². The molecule has 0 amide bonds. The van der Waals surface area contributed by atoms with E-state index >= 15 is 0 Å². The Morgan fingerprint density at radius 1 is 1.17 bits per heavy atom. The van der Waals surface area contributed by atoms with Gasteiger partial charge in [-0.1, -0.05) is 20.8 Å². The van der Waals surface area contributed by atoms with Gasteiger partial charge in [-0.15, -0.1) is 0 Å². The van der Waals surface area contributed by atoms with Crippen LogP contribution in [-0.4, -0.2) is 37.3 Å². The number of hydrogen-bond donors (Lipinski definition) is 1. The van der Waals surface area contributed by atoms with Crippen molar-refractivity contribution in [2.45, 2.75) is 32.9 Å². The van der Waals surface area contributed by atoms with Crippen molar-refractivity contribution >= 4 is 0 Å². The minimum Gasteiger partial charge on any atom is -0.480 e. The highest BCUT2D eigenvalue weighted by Crippen LogP contribution is 2.33. The number of aromatic nitrogens is 2. The molecule has 2 atom stereocenters. The molecule has 5 nitrogen and oxygen atoms in total. The quantitative estimate of drug-likeness (QED) is 0.867. The maximum absolute atomic E-state index is 5.64. The highest BCUT2D eigenvalue weighted by molar-refractivity contribution is 5.23. The molecule has 102 valence electrons. The van der Waals surface area contributed by atoms with Crippen LogP contribution in [0.15, 0.2) is 12.4 Å². The van der Waals surface area contributed by atoms with Gasteiger partial charge in [0.05, 0.1) is 19.3 Å². The Morgan fingerprint density at radius 2 is 1.78 bits per heavy atom. The lowest BCUT2D eigenvalue weighted by molar-refractivity contribution is -0.0118. The van der Waals surface area contributed by atoms with Gasteiger partial charge in [-0.2, -0.15) is 0 Å². The monoisotopic (exact) mass is 253 g/mol. The van der Waals surface area contributed by atoms with E-state index in [0.717, 1.165) is 5.69 Å². The maximum atomic E-state index is 5.64. The molecule has 0 bridgehead atoms. The predicted molar refractivity (Wildman–Crippen MR) is 70.6 cm³/mol. The SMILES string of the molecule is CNC(c1nccnc1OC)C(OC)C(C)(C)C. The third-order valence-corrected chi connectivity index (χ3v) is 2.90. The zero-order valence-electron chi connectivity index (χ0n) is 12.0. The van der Waals surface area contributed by atoms with Crippen LogP contribution >= 0.6 is 0 Å². The molecular formula is C13H23N3O2. The minimum atomic E-state index is -0.0707. The lowest BCUT2D eigenvalue weighted by Gasteiger charge is -2.35. The molecule has 0 spiro atoms. The second-order valence-electron chi connectivity index (χ2n) is 5.24. The van der Waals surface area contributed by atoms with E-state index in [1.807, 2.05) is 7.05 Å². The molecule has 1 aromatic rings. The summed E-state index contributed by atoms with van der Waals surface area (Å²) < 4.78 is 10.9. The number of methoxy groups -OCH3 is 2. The molecule has 0 aliphatic rings. The third-order valence-electron chi connectivity index (χ3n) is 2.90. The van der Waals surface area contributed by atoms with Crippen molar-refractivity contribution in [3.63, 3.8) is 0 Å². The van der Waals surface area contributed by atoms with Gasteiger partial charge in [-0.3, -0.25) is 4.98 Å². The summed E-state index contributed by atoms with van der Waals surface area (Å²) >= 11 is 0. The highest BCUT2D eigenvalue weighted by Gasteiger charge is 2.35. The number of ether oxygens (including phenoxy) is 2. The molecule has 0 saturated heterocycles. The van der Waals surface area contributed by atoms with Gasteiger partial charge in [-0.05, 0) is 12.5 Å². The van der Waals surface area contributed by atoms with Crippen LogP contribution in [0.4, 0.5) is 0 Å². The number of likely N-dealkylation sites (N-methyl/N-ethyl adjacent to an activating group) is 1. The summed E-state index contributed by atoms with van der Waals surface area (Å²) in [5, 5.41) is 3.24. The largest absolute Gasteiger partial charge is 0.480 e. The molecule has 5 heteroatoms. The van der Waals surface area contributed by atoms with Crippen molar-refractivity contribution in [3.05, 3.63) is 18.1 Å². The molecule has 0 aliphatic heterocycles. The van der Waals surface area contributed by atoms with Crippen molar-refractivity contribution in [1.29, 1.82) is 0 Å². The van der Waals surface area contributed by atoms with Gasteiger partial charge in [0.15, 0.2) is 0 Å².